The maximum Gasteiger partial charge on any atom is 0.230 e. The van der Waals surface area contributed by atoms with Gasteiger partial charge in [0, 0.05) is 17.4 Å². The highest BCUT2D eigenvalue weighted by atomic mass is 32.2. The van der Waals surface area contributed by atoms with E-state index in [1.54, 1.807) is 11.8 Å². The Balaban J connectivity index is 1.48. The minimum atomic E-state index is 0.127. The highest BCUT2D eigenvalue weighted by Gasteiger charge is 2.19. The van der Waals surface area contributed by atoms with Crippen LogP contribution in [0.5, 0.6) is 11.5 Å². The van der Waals surface area contributed by atoms with Gasteiger partial charge in [0.05, 0.1) is 19.0 Å². The van der Waals surface area contributed by atoms with E-state index in [9.17, 15) is 4.79 Å². The van der Waals surface area contributed by atoms with Crippen molar-refractivity contribution in [2.24, 2.45) is 5.92 Å². The topological polar surface area (TPSA) is 47.6 Å². The molecule has 0 unspecified atom stereocenters. The molecule has 0 atom stereocenters. The number of thioether (sulfide) groups is 1. The molecule has 1 N–H and O–H groups in total. The number of benzene rings is 1. The number of carbonyl (C=O) groups is 1. The standard InChI is InChI=1S/C18H25NO3S/c1-13-3-5-14(6-4-13)19-18(20)12-23-15-7-8-16-17(11-15)22-10-2-9-21-16/h7-8,11,13-14H,2-6,9-10,12H2,1H3,(H,19,20). The summed E-state index contributed by atoms with van der Waals surface area (Å²) in [7, 11) is 0. The second-order valence-corrected chi connectivity index (χ2v) is 7.52. The maximum atomic E-state index is 12.1. The Hall–Kier alpha value is -1.36. The van der Waals surface area contributed by atoms with E-state index in [4.69, 9.17) is 9.47 Å². The normalized spacial score (nSPS) is 23.9. The van der Waals surface area contributed by atoms with E-state index in [-0.39, 0.29) is 5.91 Å². The predicted octanol–water partition coefficient (Wildman–Crippen LogP) is 3.63. The molecule has 23 heavy (non-hydrogen) atoms. The van der Waals surface area contributed by atoms with Gasteiger partial charge in [-0.15, -0.1) is 11.8 Å². The molecular weight excluding hydrogens is 310 g/mol. The van der Waals surface area contributed by atoms with Crippen LogP contribution in [0.15, 0.2) is 23.1 Å². The Morgan fingerprint density at radius 2 is 1.91 bits per heavy atom. The molecule has 0 aromatic heterocycles. The summed E-state index contributed by atoms with van der Waals surface area (Å²) in [5.41, 5.74) is 0. The number of hydrogen-bond donors (Lipinski definition) is 1. The fourth-order valence-corrected chi connectivity index (χ4v) is 3.79. The van der Waals surface area contributed by atoms with Gasteiger partial charge in [-0.3, -0.25) is 4.79 Å². The van der Waals surface area contributed by atoms with Crippen LogP contribution in [0.1, 0.15) is 39.0 Å². The smallest absolute Gasteiger partial charge is 0.230 e. The number of carbonyl (C=O) groups excluding carboxylic acids is 1. The number of rotatable bonds is 4. The van der Waals surface area contributed by atoms with Crippen LogP contribution < -0.4 is 14.8 Å². The van der Waals surface area contributed by atoms with E-state index in [0.717, 1.165) is 41.6 Å². The van der Waals surface area contributed by atoms with Gasteiger partial charge >= 0.3 is 0 Å². The van der Waals surface area contributed by atoms with Gasteiger partial charge in [-0.1, -0.05) is 6.92 Å². The first kappa shape index (κ1) is 16.5. The fourth-order valence-electron chi connectivity index (χ4n) is 3.06. The number of amides is 1. The molecule has 1 aliphatic carbocycles. The molecule has 1 aliphatic heterocycles. The summed E-state index contributed by atoms with van der Waals surface area (Å²) >= 11 is 1.55. The Morgan fingerprint density at radius 1 is 1.17 bits per heavy atom. The predicted molar refractivity (Wildman–Crippen MR) is 92.3 cm³/mol. The van der Waals surface area contributed by atoms with Gasteiger partial charge in [-0.25, -0.2) is 0 Å². The molecule has 126 valence electrons. The fraction of sp³-hybridized carbons (Fsp3) is 0.611. The lowest BCUT2D eigenvalue weighted by Crippen LogP contribution is -2.38. The molecule has 1 heterocycles. The lowest BCUT2D eigenvalue weighted by molar-refractivity contribution is -0.119. The van der Waals surface area contributed by atoms with Gasteiger partial charge in [0.25, 0.3) is 0 Å². The molecule has 0 bridgehead atoms. The monoisotopic (exact) mass is 335 g/mol. The zero-order valence-corrected chi connectivity index (χ0v) is 14.5. The molecule has 1 amide bonds. The first-order valence-electron chi connectivity index (χ1n) is 8.52. The third-order valence-electron chi connectivity index (χ3n) is 4.47. The molecule has 0 radical (unpaired) electrons. The zero-order valence-electron chi connectivity index (χ0n) is 13.7. The van der Waals surface area contributed by atoms with Gasteiger partial charge in [-0.05, 0) is 49.8 Å². The molecule has 2 aliphatic rings. The number of nitrogens with one attached hydrogen (secondary N) is 1. The molecule has 0 saturated heterocycles. The van der Waals surface area contributed by atoms with E-state index in [0.29, 0.717) is 25.0 Å². The third-order valence-corrected chi connectivity index (χ3v) is 5.46. The number of hydrogen-bond acceptors (Lipinski definition) is 4. The van der Waals surface area contributed by atoms with Crippen LogP contribution in [-0.2, 0) is 4.79 Å². The summed E-state index contributed by atoms with van der Waals surface area (Å²) in [5.74, 6) is 2.97. The van der Waals surface area contributed by atoms with Crippen molar-refractivity contribution >= 4 is 17.7 Å². The Kier molecular flexibility index (Phi) is 5.70. The van der Waals surface area contributed by atoms with Crippen molar-refractivity contribution in [2.45, 2.75) is 50.0 Å². The van der Waals surface area contributed by atoms with Crippen LogP contribution >= 0.6 is 11.8 Å². The highest BCUT2D eigenvalue weighted by Crippen LogP contribution is 2.33. The first-order chi connectivity index (χ1) is 11.2. The number of fused-ring (bicyclic) bond motifs is 1. The molecule has 1 aromatic carbocycles. The van der Waals surface area contributed by atoms with E-state index >= 15 is 0 Å². The van der Waals surface area contributed by atoms with Crippen molar-refractivity contribution in [3.05, 3.63) is 18.2 Å². The lowest BCUT2D eigenvalue weighted by atomic mass is 9.87. The zero-order chi connectivity index (χ0) is 16.1. The van der Waals surface area contributed by atoms with Crippen molar-refractivity contribution in [1.29, 1.82) is 0 Å². The highest BCUT2D eigenvalue weighted by molar-refractivity contribution is 8.00. The third kappa shape index (κ3) is 4.80. The molecular formula is C18H25NO3S. The van der Waals surface area contributed by atoms with Crippen LogP contribution in [0.3, 0.4) is 0 Å². The van der Waals surface area contributed by atoms with Crippen molar-refractivity contribution in [3.8, 4) is 11.5 Å². The van der Waals surface area contributed by atoms with Crippen LogP contribution in [-0.4, -0.2) is 30.9 Å². The van der Waals surface area contributed by atoms with E-state index in [1.807, 2.05) is 18.2 Å². The van der Waals surface area contributed by atoms with Gasteiger partial charge in [-0.2, -0.15) is 0 Å². The average Bonchev–Trinajstić information content (AvgIpc) is 2.80. The van der Waals surface area contributed by atoms with E-state index in [1.165, 1.54) is 12.8 Å². The maximum absolute atomic E-state index is 12.1. The SMILES string of the molecule is CC1CCC(NC(=O)CSc2ccc3c(c2)OCCCO3)CC1. The second-order valence-electron chi connectivity index (χ2n) is 6.47. The minimum Gasteiger partial charge on any atom is -0.490 e. The van der Waals surface area contributed by atoms with Crippen LogP contribution in [0.25, 0.3) is 0 Å². The van der Waals surface area contributed by atoms with Gasteiger partial charge in [0.15, 0.2) is 11.5 Å². The van der Waals surface area contributed by atoms with Crippen molar-refractivity contribution in [1.82, 2.24) is 5.32 Å². The Bertz CT molecular complexity index is 541. The summed E-state index contributed by atoms with van der Waals surface area (Å²) in [5, 5.41) is 3.17. The molecule has 1 aromatic rings. The van der Waals surface area contributed by atoms with Crippen LogP contribution in [0.2, 0.25) is 0 Å². The molecule has 4 nitrogen and oxygen atoms in total. The van der Waals surface area contributed by atoms with Gasteiger partial charge in [0.1, 0.15) is 0 Å². The molecule has 0 spiro atoms. The summed E-state index contributed by atoms with van der Waals surface area (Å²) in [4.78, 5) is 13.2. The van der Waals surface area contributed by atoms with Gasteiger partial charge < -0.3 is 14.8 Å². The van der Waals surface area contributed by atoms with Gasteiger partial charge in [0.2, 0.25) is 5.91 Å². The Morgan fingerprint density at radius 3 is 2.70 bits per heavy atom. The van der Waals surface area contributed by atoms with Crippen molar-refractivity contribution in [3.63, 3.8) is 0 Å². The first-order valence-corrected chi connectivity index (χ1v) is 9.51. The Labute approximate surface area is 142 Å². The quantitative estimate of drug-likeness (QED) is 0.854. The minimum absolute atomic E-state index is 0.127. The summed E-state index contributed by atoms with van der Waals surface area (Å²) < 4.78 is 11.3. The summed E-state index contributed by atoms with van der Waals surface area (Å²) in [6, 6.07) is 6.26. The lowest BCUT2D eigenvalue weighted by Gasteiger charge is -2.26. The van der Waals surface area contributed by atoms with Crippen LogP contribution in [0, 0.1) is 5.92 Å². The molecule has 1 fully saturated rings. The van der Waals surface area contributed by atoms with E-state index < -0.39 is 0 Å². The average molecular weight is 335 g/mol. The summed E-state index contributed by atoms with van der Waals surface area (Å²) in [6.45, 7) is 3.67. The van der Waals surface area contributed by atoms with E-state index in [2.05, 4.69) is 12.2 Å². The summed E-state index contributed by atoms with van der Waals surface area (Å²) in [6.07, 6.45) is 5.57. The van der Waals surface area contributed by atoms with Crippen molar-refractivity contribution < 1.29 is 14.3 Å². The molecule has 5 heteroatoms. The van der Waals surface area contributed by atoms with Crippen LogP contribution in [0.4, 0.5) is 0 Å². The van der Waals surface area contributed by atoms with Crippen molar-refractivity contribution in [2.75, 3.05) is 19.0 Å². The second kappa shape index (κ2) is 7.95. The molecule has 3 rings (SSSR count). The largest absolute Gasteiger partial charge is 0.490 e. The number of ether oxygens (including phenoxy) is 2. The molecule has 1 saturated carbocycles.